The maximum absolute atomic E-state index is 5.54. The summed E-state index contributed by atoms with van der Waals surface area (Å²) in [5.74, 6) is 1.64. The van der Waals surface area contributed by atoms with Crippen molar-refractivity contribution in [2.24, 2.45) is 4.99 Å². The summed E-state index contributed by atoms with van der Waals surface area (Å²) >= 11 is 3.43. The molecule has 1 heterocycles. The number of guanidine groups is 1. The fourth-order valence-electron chi connectivity index (χ4n) is 1.96. The van der Waals surface area contributed by atoms with Crippen molar-refractivity contribution in [1.82, 2.24) is 10.6 Å². The van der Waals surface area contributed by atoms with E-state index < -0.39 is 0 Å². The van der Waals surface area contributed by atoms with Gasteiger partial charge < -0.3 is 19.8 Å². The van der Waals surface area contributed by atoms with E-state index in [1.54, 1.807) is 13.3 Å². The van der Waals surface area contributed by atoms with Gasteiger partial charge in [0.2, 0.25) is 0 Å². The van der Waals surface area contributed by atoms with Crippen molar-refractivity contribution in [3.63, 3.8) is 0 Å². The summed E-state index contributed by atoms with van der Waals surface area (Å²) in [6.07, 6.45) is 2.56. The highest BCUT2D eigenvalue weighted by Gasteiger charge is 1.99. The van der Waals surface area contributed by atoms with Gasteiger partial charge in [-0.15, -0.1) is 24.0 Å². The molecular formula is C17H23BrIN3O2. The first-order valence-corrected chi connectivity index (χ1v) is 8.36. The second kappa shape index (κ2) is 12.3. The van der Waals surface area contributed by atoms with Gasteiger partial charge in [0.05, 0.1) is 6.26 Å². The van der Waals surface area contributed by atoms with Crippen LogP contribution in [0.1, 0.15) is 17.7 Å². The highest BCUT2D eigenvalue weighted by molar-refractivity contribution is 14.0. The van der Waals surface area contributed by atoms with Crippen molar-refractivity contribution in [1.29, 1.82) is 0 Å². The third-order valence-corrected chi connectivity index (χ3v) is 3.71. The largest absolute Gasteiger partial charge is 0.467 e. The molecule has 1 aromatic carbocycles. The van der Waals surface area contributed by atoms with E-state index in [0.717, 1.165) is 35.7 Å². The monoisotopic (exact) mass is 507 g/mol. The van der Waals surface area contributed by atoms with Crippen LogP contribution in [0.3, 0.4) is 0 Å². The Morgan fingerprint density at radius 1 is 1.21 bits per heavy atom. The maximum Gasteiger partial charge on any atom is 0.191 e. The first-order valence-electron chi connectivity index (χ1n) is 7.57. The van der Waals surface area contributed by atoms with Gasteiger partial charge in [-0.25, -0.2) is 0 Å². The lowest BCUT2D eigenvalue weighted by atomic mass is 10.2. The fraction of sp³-hybridized carbons (Fsp3) is 0.353. The van der Waals surface area contributed by atoms with Gasteiger partial charge in [-0.2, -0.15) is 0 Å². The van der Waals surface area contributed by atoms with Crippen molar-refractivity contribution in [2.75, 3.05) is 20.2 Å². The Morgan fingerprint density at radius 2 is 2.00 bits per heavy atom. The molecule has 0 amide bonds. The predicted molar refractivity (Wildman–Crippen MR) is 111 cm³/mol. The molecule has 5 nitrogen and oxygen atoms in total. The van der Waals surface area contributed by atoms with Crippen LogP contribution in [0.15, 0.2) is 56.5 Å². The topological polar surface area (TPSA) is 58.8 Å². The van der Waals surface area contributed by atoms with Crippen LogP contribution in [0.5, 0.6) is 0 Å². The molecule has 2 rings (SSSR count). The van der Waals surface area contributed by atoms with Crippen LogP contribution in [0.2, 0.25) is 0 Å². The molecular weight excluding hydrogens is 485 g/mol. The number of nitrogens with zero attached hydrogens (tertiary/aromatic N) is 1. The zero-order valence-corrected chi connectivity index (χ0v) is 17.5. The summed E-state index contributed by atoms with van der Waals surface area (Å²) in [6, 6.07) is 12.0. The standard InChI is InChI=1S/C17H22BrN3O2.HI/c1-19-17(21-12-14-5-7-15(18)8-6-14)20-9-3-10-22-13-16-4-2-11-23-16;/h2,4-8,11H,3,9-10,12-13H2,1H3,(H2,19,20,21);1H. The average Bonchev–Trinajstić information content (AvgIpc) is 3.08. The summed E-state index contributed by atoms with van der Waals surface area (Å²) in [5, 5.41) is 6.56. The van der Waals surface area contributed by atoms with Crippen molar-refractivity contribution < 1.29 is 9.15 Å². The minimum atomic E-state index is 0. The van der Waals surface area contributed by atoms with E-state index in [0.29, 0.717) is 13.2 Å². The lowest BCUT2D eigenvalue weighted by Gasteiger charge is -2.12. The molecule has 7 heteroatoms. The van der Waals surface area contributed by atoms with E-state index in [1.807, 2.05) is 24.3 Å². The maximum atomic E-state index is 5.54. The zero-order valence-electron chi connectivity index (χ0n) is 13.6. The molecule has 132 valence electrons. The van der Waals surface area contributed by atoms with Crippen LogP contribution < -0.4 is 10.6 Å². The quantitative estimate of drug-likeness (QED) is 0.246. The van der Waals surface area contributed by atoms with E-state index >= 15 is 0 Å². The molecule has 0 saturated carbocycles. The number of nitrogens with one attached hydrogen (secondary N) is 2. The number of furan rings is 1. The van der Waals surface area contributed by atoms with Crippen LogP contribution in [-0.4, -0.2) is 26.2 Å². The van der Waals surface area contributed by atoms with Gasteiger partial charge in [-0.1, -0.05) is 28.1 Å². The van der Waals surface area contributed by atoms with Crippen molar-refractivity contribution in [2.45, 2.75) is 19.6 Å². The third-order valence-electron chi connectivity index (χ3n) is 3.18. The van der Waals surface area contributed by atoms with E-state index in [9.17, 15) is 0 Å². The van der Waals surface area contributed by atoms with Gasteiger partial charge in [0.15, 0.2) is 5.96 Å². The Kier molecular flexibility index (Phi) is 10.8. The average molecular weight is 508 g/mol. The molecule has 0 aliphatic heterocycles. The highest BCUT2D eigenvalue weighted by Crippen LogP contribution is 2.10. The molecule has 0 aliphatic carbocycles. The van der Waals surface area contributed by atoms with E-state index in [2.05, 4.69) is 43.7 Å². The summed E-state index contributed by atoms with van der Waals surface area (Å²) < 4.78 is 11.8. The minimum Gasteiger partial charge on any atom is -0.467 e. The Hall–Kier alpha value is -1.06. The minimum absolute atomic E-state index is 0. The Bertz CT molecular complexity index is 588. The predicted octanol–water partition coefficient (Wildman–Crippen LogP) is 3.93. The first kappa shape index (κ1) is 21.0. The number of hydrogen-bond donors (Lipinski definition) is 2. The number of halogens is 2. The summed E-state index contributed by atoms with van der Waals surface area (Å²) in [7, 11) is 1.77. The van der Waals surface area contributed by atoms with E-state index in [4.69, 9.17) is 9.15 Å². The molecule has 2 aromatic rings. The molecule has 0 aliphatic rings. The number of ether oxygens (including phenoxy) is 1. The lowest BCUT2D eigenvalue weighted by Crippen LogP contribution is -2.37. The van der Waals surface area contributed by atoms with E-state index in [1.165, 1.54) is 5.56 Å². The molecule has 1 aromatic heterocycles. The number of rotatable bonds is 8. The van der Waals surface area contributed by atoms with Crippen LogP contribution >= 0.6 is 39.9 Å². The Labute approximate surface area is 168 Å². The molecule has 0 unspecified atom stereocenters. The van der Waals surface area contributed by atoms with Gasteiger partial charge >= 0.3 is 0 Å². The Morgan fingerprint density at radius 3 is 2.67 bits per heavy atom. The van der Waals surface area contributed by atoms with Crippen LogP contribution in [-0.2, 0) is 17.9 Å². The van der Waals surface area contributed by atoms with Gasteiger partial charge in [0, 0.05) is 31.2 Å². The highest BCUT2D eigenvalue weighted by atomic mass is 127. The third kappa shape index (κ3) is 8.16. The SMILES string of the molecule is CN=C(NCCCOCc1ccco1)NCc1ccc(Br)cc1.I. The smallest absolute Gasteiger partial charge is 0.191 e. The molecule has 0 atom stereocenters. The van der Waals surface area contributed by atoms with Crippen LogP contribution in [0, 0.1) is 0 Å². The summed E-state index contributed by atoms with van der Waals surface area (Å²) in [4.78, 5) is 4.21. The second-order valence-corrected chi connectivity index (χ2v) is 5.88. The second-order valence-electron chi connectivity index (χ2n) is 4.96. The molecule has 2 N–H and O–H groups in total. The van der Waals surface area contributed by atoms with Gasteiger partial charge in [-0.3, -0.25) is 4.99 Å². The zero-order chi connectivity index (χ0) is 16.3. The number of hydrogen-bond acceptors (Lipinski definition) is 3. The molecule has 0 spiro atoms. The van der Waals surface area contributed by atoms with Crippen LogP contribution in [0.25, 0.3) is 0 Å². The van der Waals surface area contributed by atoms with Crippen molar-refractivity contribution >= 4 is 45.9 Å². The summed E-state index contributed by atoms with van der Waals surface area (Å²) in [6.45, 7) is 2.74. The number of benzene rings is 1. The van der Waals surface area contributed by atoms with Gasteiger partial charge in [0.25, 0.3) is 0 Å². The van der Waals surface area contributed by atoms with Gasteiger partial charge in [-0.05, 0) is 36.2 Å². The molecule has 0 saturated heterocycles. The van der Waals surface area contributed by atoms with Crippen molar-refractivity contribution in [3.8, 4) is 0 Å². The molecule has 0 bridgehead atoms. The van der Waals surface area contributed by atoms with Crippen LogP contribution in [0.4, 0.5) is 0 Å². The normalized spacial score (nSPS) is 11.0. The molecule has 0 radical (unpaired) electrons. The summed E-state index contributed by atoms with van der Waals surface area (Å²) in [5.41, 5.74) is 1.21. The lowest BCUT2D eigenvalue weighted by molar-refractivity contribution is 0.105. The fourth-order valence-corrected chi connectivity index (χ4v) is 2.22. The van der Waals surface area contributed by atoms with E-state index in [-0.39, 0.29) is 24.0 Å². The first-order chi connectivity index (χ1) is 11.3. The molecule has 24 heavy (non-hydrogen) atoms. The van der Waals surface area contributed by atoms with Gasteiger partial charge in [0.1, 0.15) is 12.4 Å². The number of aliphatic imine (C=N–C) groups is 1. The Balaban J connectivity index is 0.00000288. The molecule has 0 fully saturated rings. The van der Waals surface area contributed by atoms with Crippen molar-refractivity contribution in [3.05, 3.63) is 58.5 Å².